The average molecular weight is 308 g/mol. The van der Waals surface area contributed by atoms with E-state index in [0.29, 0.717) is 31.1 Å². The first-order valence-corrected chi connectivity index (χ1v) is 7.40. The van der Waals surface area contributed by atoms with Crippen molar-refractivity contribution in [3.63, 3.8) is 0 Å². The molecule has 0 aliphatic carbocycles. The quantitative estimate of drug-likeness (QED) is 0.840. The molecule has 0 saturated heterocycles. The van der Waals surface area contributed by atoms with Gasteiger partial charge in [-0.3, -0.25) is 4.79 Å². The lowest BCUT2D eigenvalue weighted by Gasteiger charge is -2.24. The standard InChI is InChI=1S/C16H24N2O4/c1-5-21-16(20)17-10-11-18(13(4)19)14-8-6-7-9-15(14)22-12(2)3/h6-9,12H,5,10-11H2,1-4H3,(H,17,20). The molecule has 0 radical (unpaired) electrons. The third-order valence-electron chi connectivity index (χ3n) is 2.78. The largest absolute Gasteiger partial charge is 0.489 e. The van der Waals surface area contributed by atoms with Gasteiger partial charge < -0.3 is 19.7 Å². The van der Waals surface area contributed by atoms with Crippen LogP contribution in [0.15, 0.2) is 24.3 Å². The van der Waals surface area contributed by atoms with Crippen LogP contribution in [0.25, 0.3) is 0 Å². The van der Waals surface area contributed by atoms with Gasteiger partial charge in [0.15, 0.2) is 0 Å². The maximum absolute atomic E-state index is 11.9. The third-order valence-corrected chi connectivity index (χ3v) is 2.78. The van der Waals surface area contributed by atoms with E-state index in [0.717, 1.165) is 0 Å². The lowest BCUT2D eigenvalue weighted by molar-refractivity contribution is -0.116. The van der Waals surface area contributed by atoms with E-state index in [1.165, 1.54) is 6.92 Å². The van der Waals surface area contributed by atoms with Gasteiger partial charge in [-0.05, 0) is 32.9 Å². The Morgan fingerprint density at radius 2 is 1.95 bits per heavy atom. The molecule has 6 nitrogen and oxygen atoms in total. The number of nitrogens with one attached hydrogen (secondary N) is 1. The zero-order valence-electron chi connectivity index (χ0n) is 13.6. The van der Waals surface area contributed by atoms with Gasteiger partial charge in [-0.25, -0.2) is 4.79 Å². The molecular weight excluding hydrogens is 284 g/mol. The van der Waals surface area contributed by atoms with Gasteiger partial charge in [-0.2, -0.15) is 0 Å². The number of ether oxygens (including phenoxy) is 2. The van der Waals surface area contributed by atoms with Crippen LogP contribution in [0.4, 0.5) is 10.5 Å². The summed E-state index contributed by atoms with van der Waals surface area (Å²) in [7, 11) is 0. The molecule has 0 bridgehead atoms. The fourth-order valence-corrected chi connectivity index (χ4v) is 1.93. The summed E-state index contributed by atoms with van der Waals surface area (Å²) in [5.41, 5.74) is 0.689. The summed E-state index contributed by atoms with van der Waals surface area (Å²) in [6.45, 7) is 8.03. The predicted octanol–water partition coefficient (Wildman–Crippen LogP) is 2.57. The molecule has 0 fully saturated rings. The third kappa shape index (κ3) is 5.63. The lowest BCUT2D eigenvalue weighted by Crippen LogP contribution is -2.38. The monoisotopic (exact) mass is 308 g/mol. The molecule has 0 saturated carbocycles. The Labute approximate surface area is 131 Å². The minimum atomic E-state index is -0.488. The van der Waals surface area contributed by atoms with Crippen LogP contribution >= 0.6 is 0 Å². The molecule has 0 aliphatic heterocycles. The van der Waals surface area contributed by atoms with E-state index in [1.807, 2.05) is 38.1 Å². The van der Waals surface area contributed by atoms with Crippen molar-refractivity contribution in [1.82, 2.24) is 5.32 Å². The van der Waals surface area contributed by atoms with Gasteiger partial charge >= 0.3 is 6.09 Å². The van der Waals surface area contributed by atoms with Gasteiger partial charge in [-0.1, -0.05) is 12.1 Å². The van der Waals surface area contributed by atoms with E-state index in [-0.39, 0.29) is 12.0 Å². The fourth-order valence-electron chi connectivity index (χ4n) is 1.93. The van der Waals surface area contributed by atoms with Crippen molar-refractivity contribution in [3.05, 3.63) is 24.3 Å². The number of benzene rings is 1. The maximum atomic E-state index is 11.9. The number of hydrogen-bond acceptors (Lipinski definition) is 4. The minimum Gasteiger partial charge on any atom is -0.489 e. The second-order valence-electron chi connectivity index (χ2n) is 4.95. The zero-order valence-corrected chi connectivity index (χ0v) is 13.6. The van der Waals surface area contributed by atoms with E-state index in [1.54, 1.807) is 11.8 Å². The first-order chi connectivity index (χ1) is 10.5. The minimum absolute atomic E-state index is 0.00705. The first-order valence-electron chi connectivity index (χ1n) is 7.40. The van der Waals surface area contributed by atoms with Crippen LogP contribution in [-0.4, -0.2) is 37.8 Å². The Morgan fingerprint density at radius 1 is 1.27 bits per heavy atom. The van der Waals surface area contributed by atoms with E-state index < -0.39 is 6.09 Å². The zero-order chi connectivity index (χ0) is 16.5. The highest BCUT2D eigenvalue weighted by molar-refractivity contribution is 5.93. The van der Waals surface area contributed by atoms with Gasteiger partial charge in [0, 0.05) is 20.0 Å². The summed E-state index contributed by atoms with van der Waals surface area (Å²) in [6, 6.07) is 7.35. The molecule has 0 heterocycles. The van der Waals surface area contributed by atoms with E-state index >= 15 is 0 Å². The Morgan fingerprint density at radius 3 is 2.55 bits per heavy atom. The van der Waals surface area contributed by atoms with Gasteiger partial charge in [-0.15, -0.1) is 0 Å². The first kappa shape index (κ1) is 17.8. The predicted molar refractivity (Wildman–Crippen MR) is 85.3 cm³/mol. The normalized spacial score (nSPS) is 10.2. The average Bonchev–Trinajstić information content (AvgIpc) is 2.44. The van der Waals surface area contributed by atoms with Gasteiger partial charge in [0.05, 0.1) is 18.4 Å². The molecule has 1 N–H and O–H groups in total. The van der Waals surface area contributed by atoms with Gasteiger partial charge in [0.2, 0.25) is 5.91 Å². The molecule has 0 spiro atoms. The van der Waals surface area contributed by atoms with Crippen molar-refractivity contribution < 1.29 is 19.1 Å². The molecule has 6 heteroatoms. The number of carbonyl (C=O) groups excluding carboxylic acids is 2. The summed E-state index contributed by atoms with van der Waals surface area (Å²) in [6.07, 6.45) is -0.481. The van der Waals surface area contributed by atoms with E-state index in [2.05, 4.69) is 5.32 Å². The molecule has 0 atom stereocenters. The molecule has 1 aromatic carbocycles. The van der Waals surface area contributed by atoms with Crippen LogP contribution in [0.3, 0.4) is 0 Å². The topological polar surface area (TPSA) is 67.9 Å². The van der Waals surface area contributed by atoms with Crippen LogP contribution in [-0.2, 0) is 9.53 Å². The van der Waals surface area contributed by atoms with Crippen LogP contribution in [0.5, 0.6) is 5.75 Å². The van der Waals surface area contributed by atoms with Crippen LogP contribution in [0, 0.1) is 0 Å². The molecule has 22 heavy (non-hydrogen) atoms. The van der Waals surface area contributed by atoms with Crippen LogP contribution in [0.1, 0.15) is 27.7 Å². The number of anilines is 1. The van der Waals surface area contributed by atoms with Gasteiger partial charge in [0.1, 0.15) is 5.75 Å². The van der Waals surface area contributed by atoms with Crippen molar-refractivity contribution >= 4 is 17.7 Å². The Kier molecular flexibility index (Phi) is 7.22. The van der Waals surface area contributed by atoms with Crippen molar-refractivity contribution in [1.29, 1.82) is 0 Å². The Bertz CT molecular complexity index is 503. The molecular formula is C16H24N2O4. The highest BCUT2D eigenvalue weighted by atomic mass is 16.5. The van der Waals surface area contributed by atoms with E-state index in [4.69, 9.17) is 9.47 Å². The number of carbonyl (C=O) groups is 2. The number of rotatable bonds is 7. The number of nitrogens with zero attached hydrogens (tertiary/aromatic N) is 1. The van der Waals surface area contributed by atoms with Crippen LogP contribution < -0.4 is 15.0 Å². The Balaban J connectivity index is 2.79. The summed E-state index contributed by atoms with van der Waals surface area (Å²) in [5.74, 6) is 0.522. The fraction of sp³-hybridized carbons (Fsp3) is 0.500. The molecule has 2 amide bonds. The lowest BCUT2D eigenvalue weighted by atomic mass is 10.2. The van der Waals surface area contributed by atoms with Crippen molar-refractivity contribution in [2.75, 3.05) is 24.6 Å². The summed E-state index contributed by atoms with van der Waals surface area (Å²) in [4.78, 5) is 24.8. The summed E-state index contributed by atoms with van der Waals surface area (Å²) in [5, 5.41) is 2.60. The maximum Gasteiger partial charge on any atom is 0.407 e. The second-order valence-corrected chi connectivity index (χ2v) is 4.95. The Hall–Kier alpha value is -2.24. The molecule has 1 rings (SSSR count). The molecule has 0 aromatic heterocycles. The number of alkyl carbamates (subject to hydrolysis) is 1. The smallest absolute Gasteiger partial charge is 0.407 e. The molecule has 0 unspecified atom stereocenters. The summed E-state index contributed by atoms with van der Waals surface area (Å²) >= 11 is 0. The molecule has 1 aromatic rings. The number of para-hydroxylation sites is 2. The SMILES string of the molecule is CCOC(=O)NCCN(C(C)=O)c1ccccc1OC(C)C. The molecule has 0 aliphatic rings. The second kappa shape index (κ2) is 8.92. The number of hydrogen-bond donors (Lipinski definition) is 1. The van der Waals surface area contributed by atoms with Crippen molar-refractivity contribution in [3.8, 4) is 5.75 Å². The van der Waals surface area contributed by atoms with E-state index in [9.17, 15) is 9.59 Å². The van der Waals surface area contributed by atoms with Gasteiger partial charge in [0.25, 0.3) is 0 Å². The number of amides is 2. The van der Waals surface area contributed by atoms with Crippen molar-refractivity contribution in [2.45, 2.75) is 33.8 Å². The highest BCUT2D eigenvalue weighted by Crippen LogP contribution is 2.28. The summed E-state index contributed by atoms with van der Waals surface area (Å²) < 4.78 is 10.5. The highest BCUT2D eigenvalue weighted by Gasteiger charge is 2.16. The van der Waals surface area contributed by atoms with Crippen LogP contribution in [0.2, 0.25) is 0 Å². The van der Waals surface area contributed by atoms with Crippen molar-refractivity contribution in [2.24, 2.45) is 0 Å². The molecule has 122 valence electrons.